The Morgan fingerprint density at radius 1 is 1.15 bits per heavy atom. The first-order valence-corrected chi connectivity index (χ1v) is 9.98. The number of hydrogen-bond donors (Lipinski definition) is 2. The van der Waals surface area contributed by atoms with Gasteiger partial charge in [-0.3, -0.25) is 9.59 Å². The summed E-state index contributed by atoms with van der Waals surface area (Å²) in [5, 5.41) is 3.31. The van der Waals surface area contributed by atoms with Gasteiger partial charge in [-0.05, 0) is 43.1 Å². The van der Waals surface area contributed by atoms with Crippen LogP contribution in [0.3, 0.4) is 0 Å². The molecule has 1 saturated heterocycles. The van der Waals surface area contributed by atoms with Crippen molar-refractivity contribution in [3.8, 4) is 0 Å². The van der Waals surface area contributed by atoms with E-state index in [2.05, 4.69) is 5.32 Å². The largest absolute Gasteiger partial charge is 0.353 e. The summed E-state index contributed by atoms with van der Waals surface area (Å²) in [6.07, 6.45) is 5.95. The average molecular weight is 392 g/mol. The quantitative estimate of drug-likeness (QED) is 0.827. The van der Waals surface area contributed by atoms with Gasteiger partial charge in [-0.2, -0.15) is 0 Å². The van der Waals surface area contributed by atoms with E-state index in [1.807, 2.05) is 35.2 Å². The molecular formula is C21H30ClN3O2. The van der Waals surface area contributed by atoms with Crippen molar-refractivity contribution in [2.24, 2.45) is 23.5 Å². The first-order valence-electron chi connectivity index (χ1n) is 9.98. The summed E-state index contributed by atoms with van der Waals surface area (Å²) in [6, 6.07) is 10.5. The molecule has 0 spiro atoms. The maximum Gasteiger partial charge on any atom is 0.225 e. The van der Waals surface area contributed by atoms with E-state index in [1.165, 1.54) is 19.3 Å². The number of halogens is 1. The van der Waals surface area contributed by atoms with Crippen LogP contribution in [0.2, 0.25) is 0 Å². The molecule has 5 nitrogen and oxygen atoms in total. The van der Waals surface area contributed by atoms with Crippen molar-refractivity contribution in [3.63, 3.8) is 0 Å². The van der Waals surface area contributed by atoms with Gasteiger partial charge in [-0.1, -0.05) is 36.8 Å². The van der Waals surface area contributed by atoms with Gasteiger partial charge in [0.2, 0.25) is 11.8 Å². The number of likely N-dealkylation sites (tertiary alicyclic amines) is 1. The summed E-state index contributed by atoms with van der Waals surface area (Å²) in [5.74, 6) is 0.951. The lowest BCUT2D eigenvalue weighted by Gasteiger charge is -2.45. The molecule has 2 bridgehead atoms. The molecule has 4 rings (SSSR count). The first kappa shape index (κ1) is 20.2. The molecular weight excluding hydrogens is 362 g/mol. The Balaban J connectivity index is 0.00000210. The van der Waals surface area contributed by atoms with Crippen molar-refractivity contribution in [2.75, 3.05) is 6.54 Å². The molecule has 3 aliphatic rings. The Labute approximate surface area is 167 Å². The van der Waals surface area contributed by atoms with E-state index < -0.39 is 0 Å². The predicted molar refractivity (Wildman–Crippen MR) is 107 cm³/mol. The first-order chi connectivity index (χ1) is 12.6. The smallest absolute Gasteiger partial charge is 0.225 e. The van der Waals surface area contributed by atoms with Gasteiger partial charge in [0.25, 0.3) is 0 Å². The standard InChI is InChI=1S/C21H29N3O2.ClH/c22-18-9-15-7-4-8-16(10-18)20(15)23-21(26)17-11-19(25)24(13-17)12-14-5-2-1-3-6-14;/h1-3,5-6,15-18,20H,4,7-13,22H2,(H,23,26);1H. The van der Waals surface area contributed by atoms with Crippen LogP contribution < -0.4 is 11.1 Å². The lowest BCUT2D eigenvalue weighted by atomic mass is 9.67. The zero-order valence-corrected chi connectivity index (χ0v) is 16.5. The number of rotatable bonds is 4. The van der Waals surface area contributed by atoms with Crippen molar-refractivity contribution in [2.45, 2.75) is 57.2 Å². The van der Waals surface area contributed by atoms with E-state index in [0.717, 1.165) is 18.4 Å². The second-order valence-electron chi connectivity index (χ2n) is 8.38. The van der Waals surface area contributed by atoms with E-state index in [-0.39, 0.29) is 42.2 Å². The van der Waals surface area contributed by atoms with Crippen molar-refractivity contribution in [1.82, 2.24) is 10.2 Å². The minimum absolute atomic E-state index is 0. The van der Waals surface area contributed by atoms with Gasteiger partial charge in [-0.25, -0.2) is 0 Å². The second-order valence-corrected chi connectivity index (χ2v) is 8.38. The molecule has 3 atom stereocenters. The van der Waals surface area contributed by atoms with Crippen LogP contribution >= 0.6 is 12.4 Å². The van der Waals surface area contributed by atoms with E-state index in [4.69, 9.17) is 5.73 Å². The summed E-state index contributed by atoms with van der Waals surface area (Å²) in [5.41, 5.74) is 7.29. The molecule has 2 saturated carbocycles. The maximum atomic E-state index is 12.8. The molecule has 3 unspecified atom stereocenters. The van der Waals surface area contributed by atoms with Crippen molar-refractivity contribution in [1.29, 1.82) is 0 Å². The Morgan fingerprint density at radius 2 is 1.81 bits per heavy atom. The molecule has 0 aromatic heterocycles. The minimum atomic E-state index is -0.220. The fourth-order valence-electron chi connectivity index (χ4n) is 5.21. The topological polar surface area (TPSA) is 75.4 Å². The van der Waals surface area contributed by atoms with Crippen molar-refractivity contribution >= 4 is 24.2 Å². The molecule has 0 radical (unpaired) electrons. The molecule has 1 aromatic carbocycles. The van der Waals surface area contributed by atoms with Gasteiger partial charge in [0, 0.05) is 31.6 Å². The maximum absolute atomic E-state index is 12.8. The summed E-state index contributed by atoms with van der Waals surface area (Å²) in [6.45, 7) is 1.12. The number of benzene rings is 1. The Kier molecular flexibility index (Phi) is 6.43. The number of carbonyl (C=O) groups is 2. The van der Waals surface area contributed by atoms with Crippen LogP contribution in [0.1, 0.15) is 44.1 Å². The molecule has 1 heterocycles. The van der Waals surface area contributed by atoms with Gasteiger partial charge in [0.15, 0.2) is 0 Å². The number of nitrogens with one attached hydrogen (secondary N) is 1. The molecule has 2 amide bonds. The second kappa shape index (κ2) is 8.61. The highest BCUT2D eigenvalue weighted by Crippen LogP contribution is 2.40. The Bertz CT molecular complexity index is 655. The molecule has 2 aliphatic carbocycles. The lowest BCUT2D eigenvalue weighted by Crippen LogP contribution is -2.54. The molecule has 3 N–H and O–H groups in total. The lowest BCUT2D eigenvalue weighted by molar-refractivity contribution is -0.130. The van der Waals surface area contributed by atoms with E-state index in [9.17, 15) is 9.59 Å². The monoisotopic (exact) mass is 391 g/mol. The Hall–Kier alpha value is -1.59. The summed E-state index contributed by atoms with van der Waals surface area (Å²) < 4.78 is 0. The van der Waals surface area contributed by atoms with Gasteiger partial charge in [-0.15, -0.1) is 12.4 Å². The number of fused-ring (bicyclic) bond motifs is 2. The van der Waals surface area contributed by atoms with Crippen molar-refractivity contribution < 1.29 is 9.59 Å². The SMILES string of the molecule is Cl.NC1CC2CCCC(C1)C2NC(=O)C1CC(=O)N(Cc2ccccc2)C1. The van der Waals surface area contributed by atoms with E-state index >= 15 is 0 Å². The van der Waals surface area contributed by atoms with Gasteiger partial charge in [0.05, 0.1) is 5.92 Å². The van der Waals surface area contributed by atoms with Crippen LogP contribution in [-0.4, -0.2) is 35.3 Å². The molecule has 1 aliphatic heterocycles. The summed E-state index contributed by atoms with van der Waals surface area (Å²) in [7, 11) is 0. The van der Waals surface area contributed by atoms with Gasteiger partial charge < -0.3 is 16.0 Å². The highest BCUT2D eigenvalue weighted by Gasteiger charge is 2.42. The van der Waals surface area contributed by atoms with Crippen LogP contribution in [0.4, 0.5) is 0 Å². The Morgan fingerprint density at radius 3 is 2.48 bits per heavy atom. The van der Waals surface area contributed by atoms with Crippen LogP contribution in [-0.2, 0) is 16.1 Å². The van der Waals surface area contributed by atoms with Crippen LogP contribution in [0.15, 0.2) is 30.3 Å². The molecule has 1 aromatic rings. The third-order valence-corrected chi connectivity index (χ3v) is 6.49. The molecule has 3 fully saturated rings. The zero-order chi connectivity index (χ0) is 18.1. The highest BCUT2D eigenvalue weighted by molar-refractivity contribution is 5.89. The third kappa shape index (κ3) is 4.46. The van der Waals surface area contributed by atoms with Crippen LogP contribution in [0.25, 0.3) is 0 Å². The number of nitrogens with zero attached hydrogens (tertiary/aromatic N) is 1. The fraction of sp³-hybridized carbons (Fsp3) is 0.619. The van der Waals surface area contributed by atoms with E-state index in [0.29, 0.717) is 31.3 Å². The third-order valence-electron chi connectivity index (χ3n) is 6.49. The number of carbonyl (C=O) groups excluding carboxylic acids is 2. The van der Waals surface area contributed by atoms with Gasteiger partial charge >= 0.3 is 0 Å². The van der Waals surface area contributed by atoms with Crippen molar-refractivity contribution in [3.05, 3.63) is 35.9 Å². The van der Waals surface area contributed by atoms with Crippen LogP contribution in [0.5, 0.6) is 0 Å². The fourth-order valence-corrected chi connectivity index (χ4v) is 5.21. The van der Waals surface area contributed by atoms with Crippen LogP contribution in [0, 0.1) is 17.8 Å². The molecule has 148 valence electrons. The molecule has 27 heavy (non-hydrogen) atoms. The normalized spacial score (nSPS) is 32.7. The predicted octanol–water partition coefficient (Wildman–Crippen LogP) is 2.48. The highest BCUT2D eigenvalue weighted by atomic mass is 35.5. The zero-order valence-electron chi connectivity index (χ0n) is 15.7. The van der Waals surface area contributed by atoms with E-state index in [1.54, 1.807) is 0 Å². The molecule has 6 heteroatoms. The number of nitrogens with two attached hydrogens (primary N) is 1. The summed E-state index contributed by atoms with van der Waals surface area (Å²) >= 11 is 0. The summed E-state index contributed by atoms with van der Waals surface area (Å²) in [4.78, 5) is 27.0. The number of hydrogen-bond acceptors (Lipinski definition) is 3. The number of amides is 2. The minimum Gasteiger partial charge on any atom is -0.353 e. The average Bonchev–Trinajstić information content (AvgIpc) is 2.97. The van der Waals surface area contributed by atoms with Gasteiger partial charge in [0.1, 0.15) is 0 Å².